The molecule has 0 aromatic heterocycles. The third-order valence-electron chi connectivity index (χ3n) is 2.03. The van der Waals surface area contributed by atoms with E-state index < -0.39 is 15.3 Å². The van der Waals surface area contributed by atoms with E-state index in [1.165, 1.54) is 0 Å². The molecule has 0 amide bonds. The van der Waals surface area contributed by atoms with E-state index in [9.17, 15) is 8.42 Å². The van der Waals surface area contributed by atoms with Gasteiger partial charge in [0.15, 0.2) is 0 Å². The Balaban J connectivity index is 4.05. The van der Waals surface area contributed by atoms with Crippen molar-refractivity contribution in [2.24, 2.45) is 5.14 Å². The summed E-state index contributed by atoms with van der Waals surface area (Å²) in [5.41, 5.74) is 0. The van der Waals surface area contributed by atoms with E-state index in [4.69, 9.17) is 9.88 Å². The van der Waals surface area contributed by atoms with E-state index in [2.05, 4.69) is 6.58 Å². The summed E-state index contributed by atoms with van der Waals surface area (Å²) in [5.74, 6) is 0. The van der Waals surface area contributed by atoms with Gasteiger partial charge in [0.25, 0.3) is 0 Å². The van der Waals surface area contributed by atoms with Crippen molar-refractivity contribution in [3.8, 4) is 0 Å². The fourth-order valence-corrected chi connectivity index (χ4v) is 2.19. The van der Waals surface area contributed by atoms with Gasteiger partial charge in [-0.1, -0.05) is 6.08 Å². The molecule has 0 aromatic rings. The maximum Gasteiger partial charge on any atom is 0.211 e. The highest BCUT2D eigenvalue weighted by Gasteiger charge is 2.19. The van der Waals surface area contributed by atoms with Crippen LogP contribution in [0.4, 0.5) is 0 Å². The third kappa shape index (κ3) is 6.12. The maximum atomic E-state index is 11.1. The lowest BCUT2D eigenvalue weighted by molar-refractivity contribution is 0.192. The van der Waals surface area contributed by atoms with Crippen molar-refractivity contribution in [2.45, 2.75) is 30.9 Å². The molecular formula is C9H19NO3S. The van der Waals surface area contributed by atoms with Crippen LogP contribution < -0.4 is 5.14 Å². The molecule has 0 rings (SSSR count). The average molecular weight is 221 g/mol. The van der Waals surface area contributed by atoms with Crippen molar-refractivity contribution in [1.29, 1.82) is 0 Å². The first-order chi connectivity index (χ1) is 6.52. The number of nitrogens with two attached hydrogens (primary N) is 1. The molecule has 0 aliphatic heterocycles. The number of hydrogen-bond donors (Lipinski definition) is 1. The highest BCUT2D eigenvalue weighted by Crippen LogP contribution is 2.12. The van der Waals surface area contributed by atoms with Gasteiger partial charge in [-0.15, -0.1) is 6.58 Å². The SMILES string of the molecule is C=CCCC(CCCOC)S(N)(=O)=O. The second-order valence-electron chi connectivity index (χ2n) is 3.21. The van der Waals surface area contributed by atoms with E-state index in [0.29, 0.717) is 25.9 Å². The highest BCUT2D eigenvalue weighted by atomic mass is 32.2. The normalized spacial score (nSPS) is 13.9. The number of allylic oxidation sites excluding steroid dienone is 1. The molecule has 0 aromatic carbocycles. The summed E-state index contributed by atoms with van der Waals surface area (Å²) in [6.45, 7) is 4.12. The first-order valence-corrected chi connectivity index (χ1v) is 6.24. The van der Waals surface area contributed by atoms with Crippen molar-refractivity contribution in [3.05, 3.63) is 12.7 Å². The fourth-order valence-electron chi connectivity index (χ4n) is 1.23. The smallest absolute Gasteiger partial charge is 0.211 e. The van der Waals surface area contributed by atoms with Crippen LogP contribution in [0.2, 0.25) is 0 Å². The minimum Gasteiger partial charge on any atom is -0.385 e. The lowest BCUT2D eigenvalue weighted by Gasteiger charge is -2.12. The summed E-state index contributed by atoms with van der Waals surface area (Å²) in [6, 6.07) is 0. The fraction of sp³-hybridized carbons (Fsp3) is 0.778. The predicted molar refractivity (Wildman–Crippen MR) is 57.4 cm³/mol. The Hall–Kier alpha value is -0.390. The third-order valence-corrected chi connectivity index (χ3v) is 3.43. The van der Waals surface area contributed by atoms with Gasteiger partial charge in [-0.05, 0) is 25.7 Å². The van der Waals surface area contributed by atoms with E-state index in [0.717, 1.165) is 6.42 Å². The molecule has 0 radical (unpaired) electrons. The van der Waals surface area contributed by atoms with Crippen molar-refractivity contribution < 1.29 is 13.2 Å². The molecule has 1 unspecified atom stereocenters. The first kappa shape index (κ1) is 13.6. The van der Waals surface area contributed by atoms with Crippen LogP contribution in [0.5, 0.6) is 0 Å². The van der Waals surface area contributed by atoms with Gasteiger partial charge in [-0.3, -0.25) is 0 Å². The lowest BCUT2D eigenvalue weighted by Crippen LogP contribution is -2.28. The molecule has 1 atom stereocenters. The van der Waals surface area contributed by atoms with Crippen LogP contribution in [-0.2, 0) is 14.8 Å². The quantitative estimate of drug-likeness (QED) is 0.492. The van der Waals surface area contributed by atoms with Crippen LogP contribution >= 0.6 is 0 Å². The predicted octanol–water partition coefficient (Wildman–Crippen LogP) is 1.04. The van der Waals surface area contributed by atoms with Crippen molar-refractivity contribution in [1.82, 2.24) is 0 Å². The van der Waals surface area contributed by atoms with Crippen molar-refractivity contribution >= 4 is 10.0 Å². The Morgan fingerprint density at radius 2 is 2.14 bits per heavy atom. The number of methoxy groups -OCH3 is 1. The van der Waals surface area contributed by atoms with Gasteiger partial charge in [0.1, 0.15) is 0 Å². The monoisotopic (exact) mass is 221 g/mol. The maximum absolute atomic E-state index is 11.1. The van der Waals surface area contributed by atoms with Crippen LogP contribution in [0.3, 0.4) is 0 Å². The second kappa shape index (κ2) is 6.98. The molecule has 84 valence electrons. The highest BCUT2D eigenvalue weighted by molar-refractivity contribution is 7.89. The molecular weight excluding hydrogens is 202 g/mol. The van der Waals surface area contributed by atoms with Crippen LogP contribution in [0, 0.1) is 0 Å². The number of rotatable bonds is 8. The topological polar surface area (TPSA) is 69.4 Å². The molecule has 14 heavy (non-hydrogen) atoms. The summed E-state index contributed by atoms with van der Waals surface area (Å²) < 4.78 is 27.1. The molecule has 0 saturated heterocycles. The summed E-state index contributed by atoms with van der Waals surface area (Å²) in [6.07, 6.45) is 4.20. The van der Waals surface area contributed by atoms with Crippen LogP contribution in [0.1, 0.15) is 25.7 Å². The van der Waals surface area contributed by atoms with E-state index in [1.807, 2.05) is 0 Å². The molecule has 0 aliphatic carbocycles. The summed E-state index contributed by atoms with van der Waals surface area (Å²) in [7, 11) is -1.83. The minimum atomic E-state index is -3.42. The van der Waals surface area contributed by atoms with Crippen molar-refractivity contribution in [2.75, 3.05) is 13.7 Å². The molecule has 0 saturated carbocycles. The van der Waals surface area contributed by atoms with Crippen LogP contribution in [0.15, 0.2) is 12.7 Å². The summed E-state index contributed by atoms with van der Waals surface area (Å²) >= 11 is 0. The molecule has 0 heterocycles. The van der Waals surface area contributed by atoms with E-state index >= 15 is 0 Å². The Morgan fingerprint density at radius 3 is 2.57 bits per heavy atom. The molecule has 0 bridgehead atoms. The van der Waals surface area contributed by atoms with Gasteiger partial charge in [0.05, 0.1) is 5.25 Å². The number of ether oxygens (including phenoxy) is 1. The minimum absolute atomic E-state index is 0.462. The van der Waals surface area contributed by atoms with Crippen molar-refractivity contribution in [3.63, 3.8) is 0 Å². The Morgan fingerprint density at radius 1 is 1.50 bits per heavy atom. The van der Waals surface area contributed by atoms with Crippen LogP contribution in [-0.4, -0.2) is 27.4 Å². The van der Waals surface area contributed by atoms with Crippen LogP contribution in [0.25, 0.3) is 0 Å². The number of primary sulfonamides is 1. The van der Waals surface area contributed by atoms with Gasteiger partial charge in [0, 0.05) is 13.7 Å². The Labute approximate surface area is 86.2 Å². The molecule has 2 N–H and O–H groups in total. The molecule has 0 aliphatic rings. The average Bonchev–Trinajstić information content (AvgIpc) is 2.09. The molecule has 5 heteroatoms. The summed E-state index contributed by atoms with van der Waals surface area (Å²) in [5, 5.41) is 4.64. The Bertz CT molecular complexity index is 249. The van der Waals surface area contributed by atoms with Gasteiger partial charge in [-0.25, -0.2) is 13.6 Å². The molecule has 4 nitrogen and oxygen atoms in total. The largest absolute Gasteiger partial charge is 0.385 e. The lowest BCUT2D eigenvalue weighted by atomic mass is 10.1. The first-order valence-electron chi connectivity index (χ1n) is 4.63. The molecule has 0 fully saturated rings. The van der Waals surface area contributed by atoms with E-state index in [-0.39, 0.29) is 0 Å². The molecule has 0 spiro atoms. The van der Waals surface area contributed by atoms with E-state index in [1.54, 1.807) is 13.2 Å². The Kier molecular flexibility index (Phi) is 6.78. The zero-order chi connectivity index (χ0) is 11.0. The zero-order valence-corrected chi connectivity index (χ0v) is 9.42. The standard InChI is InChI=1S/C9H19NO3S/c1-3-4-6-9(14(10,11)12)7-5-8-13-2/h3,9H,1,4-8H2,2H3,(H2,10,11,12). The zero-order valence-electron chi connectivity index (χ0n) is 8.61. The summed E-state index contributed by atoms with van der Waals surface area (Å²) in [4.78, 5) is 0. The number of hydrogen-bond acceptors (Lipinski definition) is 3. The second-order valence-corrected chi connectivity index (χ2v) is 5.06. The number of sulfonamides is 1. The van der Waals surface area contributed by atoms with Gasteiger partial charge >= 0.3 is 0 Å². The van der Waals surface area contributed by atoms with Gasteiger partial charge in [-0.2, -0.15) is 0 Å². The van der Waals surface area contributed by atoms with Gasteiger partial charge < -0.3 is 4.74 Å². The van der Waals surface area contributed by atoms with Gasteiger partial charge in [0.2, 0.25) is 10.0 Å².